The quantitative estimate of drug-likeness (QED) is 0.152. The number of benzene rings is 11. The molecular formula is C69H42N4O2. The van der Waals surface area contributed by atoms with Crippen molar-refractivity contribution in [3.8, 4) is 84.4 Å². The zero-order valence-electron chi connectivity index (χ0n) is 40.4. The van der Waals surface area contributed by atoms with Crippen LogP contribution in [0.3, 0.4) is 0 Å². The first kappa shape index (κ1) is 42.5. The molecule has 0 amide bonds. The first-order valence-corrected chi connectivity index (χ1v) is 25.2. The summed E-state index contributed by atoms with van der Waals surface area (Å²) in [6.45, 7) is 0. The molecule has 0 saturated carbocycles. The predicted molar refractivity (Wildman–Crippen MR) is 307 cm³/mol. The maximum absolute atomic E-state index is 6.86. The number of rotatable bonds is 8. The summed E-state index contributed by atoms with van der Waals surface area (Å²) in [6, 6.07) is 89.4. The lowest BCUT2D eigenvalue weighted by molar-refractivity contribution is 0.669. The van der Waals surface area contributed by atoms with Crippen LogP contribution < -0.4 is 0 Å². The molecule has 0 radical (unpaired) electrons. The Morgan fingerprint density at radius 3 is 1.52 bits per heavy atom. The first-order chi connectivity index (χ1) is 37.1. The summed E-state index contributed by atoms with van der Waals surface area (Å²) in [5.74, 6) is 1.79. The fourth-order valence-electron chi connectivity index (χ4n) is 11.0. The van der Waals surface area contributed by atoms with Gasteiger partial charge in [-0.1, -0.05) is 188 Å². The molecule has 0 saturated heterocycles. The molecule has 4 heterocycles. The zero-order chi connectivity index (χ0) is 49.4. The second-order valence-corrected chi connectivity index (χ2v) is 19.1. The van der Waals surface area contributed by atoms with Crippen LogP contribution >= 0.6 is 0 Å². The third-order valence-corrected chi connectivity index (χ3v) is 14.7. The Morgan fingerprint density at radius 2 is 0.747 bits per heavy atom. The van der Waals surface area contributed by atoms with Gasteiger partial charge in [-0.25, -0.2) is 15.0 Å². The maximum Gasteiger partial charge on any atom is 0.164 e. The van der Waals surface area contributed by atoms with E-state index in [4.69, 9.17) is 23.8 Å². The SMILES string of the molecule is c1ccc(-c2ccc(-c3nc(-c4ccccc4)nc(-c4ccc5c(c4)oc4c(-c6cccc(-c7ccc8oc9ccc(-n%10c%11ccccc%11c%11cc(-c%12ccccc%12)ccc%11%10)cc9c8c7)c6)cccc45)n3)cc2)cc1. The van der Waals surface area contributed by atoms with Gasteiger partial charge in [0.1, 0.15) is 22.3 Å². The minimum atomic E-state index is 0.573. The van der Waals surface area contributed by atoms with Gasteiger partial charge in [0.15, 0.2) is 17.5 Å². The van der Waals surface area contributed by atoms with Gasteiger partial charge in [0, 0.05) is 60.3 Å². The highest BCUT2D eigenvalue weighted by Crippen LogP contribution is 2.41. The Bertz CT molecular complexity index is 4690. The predicted octanol–water partition coefficient (Wildman–Crippen LogP) is 18.4. The smallest absolute Gasteiger partial charge is 0.164 e. The Balaban J connectivity index is 0.785. The second kappa shape index (κ2) is 17.3. The number of aromatic nitrogens is 4. The number of furan rings is 2. The van der Waals surface area contributed by atoms with Crippen molar-refractivity contribution >= 4 is 65.7 Å². The largest absolute Gasteiger partial charge is 0.456 e. The molecule has 0 unspecified atom stereocenters. The van der Waals surface area contributed by atoms with Gasteiger partial charge in [0.05, 0.1) is 11.0 Å². The van der Waals surface area contributed by atoms with E-state index in [1.165, 1.54) is 21.9 Å². The van der Waals surface area contributed by atoms with Crippen LogP contribution in [0.2, 0.25) is 0 Å². The van der Waals surface area contributed by atoms with E-state index in [1.54, 1.807) is 0 Å². The standard InChI is InChI=1S/C69H42N4O2/c1-4-14-43(15-5-1)45-26-28-47(29-27-45)68-70-67(46-18-8-3-9-19-46)71-69(72-68)52-30-34-56-57-24-13-23-54(66(57)75-65(56)41-52)51-21-12-20-48(38-51)50-32-36-63-59(40-50)60-42-53(33-37-64(60)74-63)73-61-25-11-10-22-55(61)58-39-49(31-35-62(58)73)44-16-6-2-7-17-44/h1-42H. The summed E-state index contributed by atoms with van der Waals surface area (Å²) >= 11 is 0. The normalized spacial score (nSPS) is 11.7. The van der Waals surface area contributed by atoms with Crippen molar-refractivity contribution in [2.45, 2.75) is 0 Å². The van der Waals surface area contributed by atoms with Crippen molar-refractivity contribution < 1.29 is 8.83 Å². The van der Waals surface area contributed by atoms with Crippen molar-refractivity contribution in [2.24, 2.45) is 0 Å². The Hall–Kier alpha value is -10.2. The van der Waals surface area contributed by atoms with Crippen LogP contribution in [0.5, 0.6) is 0 Å². The molecule has 15 aromatic rings. The number of nitrogens with zero attached hydrogens (tertiary/aromatic N) is 4. The molecule has 4 aromatic heterocycles. The molecule has 15 rings (SSSR count). The van der Waals surface area contributed by atoms with Crippen LogP contribution in [0.4, 0.5) is 0 Å². The van der Waals surface area contributed by atoms with Crippen LogP contribution in [0.25, 0.3) is 150 Å². The maximum atomic E-state index is 6.86. The van der Waals surface area contributed by atoms with E-state index in [1.807, 2.05) is 36.4 Å². The molecule has 6 heteroatoms. The van der Waals surface area contributed by atoms with Gasteiger partial charge in [-0.15, -0.1) is 0 Å². The van der Waals surface area contributed by atoms with Crippen molar-refractivity contribution in [1.29, 1.82) is 0 Å². The van der Waals surface area contributed by atoms with Crippen molar-refractivity contribution in [3.05, 3.63) is 255 Å². The minimum Gasteiger partial charge on any atom is -0.456 e. The molecule has 0 bridgehead atoms. The molecule has 0 aliphatic rings. The van der Waals surface area contributed by atoms with Crippen LogP contribution in [-0.4, -0.2) is 19.5 Å². The lowest BCUT2D eigenvalue weighted by Crippen LogP contribution is -2.00. The van der Waals surface area contributed by atoms with E-state index >= 15 is 0 Å². The molecule has 0 atom stereocenters. The molecule has 0 N–H and O–H groups in total. The highest BCUT2D eigenvalue weighted by Gasteiger charge is 2.19. The summed E-state index contributed by atoms with van der Waals surface area (Å²) < 4.78 is 15.7. The molecular weight excluding hydrogens is 917 g/mol. The highest BCUT2D eigenvalue weighted by atomic mass is 16.3. The van der Waals surface area contributed by atoms with Crippen molar-refractivity contribution in [1.82, 2.24) is 19.5 Å². The molecule has 0 aliphatic heterocycles. The van der Waals surface area contributed by atoms with Crippen LogP contribution in [0.15, 0.2) is 264 Å². The Labute approximate surface area is 431 Å². The molecule has 0 spiro atoms. The Kier molecular flexibility index (Phi) is 9.78. The lowest BCUT2D eigenvalue weighted by Gasteiger charge is -2.09. The molecule has 0 fully saturated rings. The van der Waals surface area contributed by atoms with Crippen molar-refractivity contribution in [2.75, 3.05) is 0 Å². The van der Waals surface area contributed by atoms with Gasteiger partial charge in [-0.2, -0.15) is 0 Å². The minimum absolute atomic E-state index is 0.573. The van der Waals surface area contributed by atoms with Crippen LogP contribution in [0, 0.1) is 0 Å². The van der Waals surface area contributed by atoms with Gasteiger partial charge in [0.25, 0.3) is 0 Å². The van der Waals surface area contributed by atoms with E-state index in [0.29, 0.717) is 17.5 Å². The van der Waals surface area contributed by atoms with E-state index in [0.717, 1.165) is 111 Å². The zero-order valence-corrected chi connectivity index (χ0v) is 40.4. The van der Waals surface area contributed by atoms with Gasteiger partial charge in [-0.3, -0.25) is 0 Å². The Morgan fingerprint density at radius 1 is 0.253 bits per heavy atom. The lowest BCUT2D eigenvalue weighted by atomic mass is 9.97. The van der Waals surface area contributed by atoms with Gasteiger partial charge >= 0.3 is 0 Å². The van der Waals surface area contributed by atoms with Gasteiger partial charge in [0.2, 0.25) is 0 Å². The number of fused-ring (bicyclic) bond motifs is 9. The summed E-state index contributed by atoms with van der Waals surface area (Å²) in [5.41, 5.74) is 18.3. The molecule has 0 aliphatic carbocycles. The molecule has 11 aromatic carbocycles. The fraction of sp³-hybridized carbons (Fsp3) is 0. The van der Waals surface area contributed by atoms with E-state index in [2.05, 4.69) is 223 Å². The topological polar surface area (TPSA) is 69.9 Å². The van der Waals surface area contributed by atoms with Gasteiger partial charge < -0.3 is 13.4 Å². The van der Waals surface area contributed by atoms with E-state index in [9.17, 15) is 0 Å². The third kappa shape index (κ3) is 7.30. The van der Waals surface area contributed by atoms with E-state index < -0.39 is 0 Å². The average Bonchev–Trinajstić information content (AvgIpc) is 4.18. The van der Waals surface area contributed by atoms with Crippen LogP contribution in [0.1, 0.15) is 0 Å². The molecule has 350 valence electrons. The summed E-state index contributed by atoms with van der Waals surface area (Å²) in [5, 5.41) is 6.65. The number of para-hydroxylation sites is 2. The van der Waals surface area contributed by atoms with E-state index in [-0.39, 0.29) is 0 Å². The summed E-state index contributed by atoms with van der Waals surface area (Å²) in [7, 11) is 0. The van der Waals surface area contributed by atoms with Crippen molar-refractivity contribution in [3.63, 3.8) is 0 Å². The molecule has 6 nitrogen and oxygen atoms in total. The summed E-state index contributed by atoms with van der Waals surface area (Å²) in [4.78, 5) is 15.1. The monoisotopic (exact) mass is 958 g/mol. The van der Waals surface area contributed by atoms with Gasteiger partial charge in [-0.05, 0) is 106 Å². The third-order valence-electron chi connectivity index (χ3n) is 14.7. The summed E-state index contributed by atoms with van der Waals surface area (Å²) in [6.07, 6.45) is 0. The van der Waals surface area contributed by atoms with Crippen LogP contribution in [-0.2, 0) is 0 Å². The number of hydrogen-bond acceptors (Lipinski definition) is 5. The molecule has 75 heavy (non-hydrogen) atoms. The fourth-order valence-corrected chi connectivity index (χ4v) is 11.0. The number of hydrogen-bond donors (Lipinski definition) is 0. The first-order valence-electron chi connectivity index (χ1n) is 25.2. The average molecular weight is 959 g/mol. The second-order valence-electron chi connectivity index (χ2n) is 19.1. The highest BCUT2D eigenvalue weighted by molar-refractivity contribution is 6.13.